The molecule has 3 aromatic rings. The highest BCUT2D eigenvalue weighted by molar-refractivity contribution is 7.17. The Labute approximate surface area is 239 Å². The molecule has 0 spiro atoms. The summed E-state index contributed by atoms with van der Waals surface area (Å²) in [5.41, 5.74) is 8.72. The fourth-order valence-electron chi connectivity index (χ4n) is 4.99. The van der Waals surface area contributed by atoms with Crippen molar-refractivity contribution in [3.8, 4) is 0 Å². The van der Waals surface area contributed by atoms with Gasteiger partial charge in [0.15, 0.2) is 0 Å². The molecule has 4 N–H and O–H groups in total. The summed E-state index contributed by atoms with van der Waals surface area (Å²) in [6.07, 6.45) is 3.21. The SMILES string of the molecule is Cc1ccc(C=NNC(=O)c2c(NC(=O)c3cccc(CN(CC(C)O)CC(C)O)c3)sc3c2CCC3)cc1C. The van der Waals surface area contributed by atoms with Crippen LogP contribution in [0.2, 0.25) is 0 Å². The van der Waals surface area contributed by atoms with Gasteiger partial charge in [-0.1, -0.05) is 30.3 Å². The van der Waals surface area contributed by atoms with Crippen molar-refractivity contribution in [1.29, 1.82) is 0 Å². The molecule has 2 unspecified atom stereocenters. The zero-order chi connectivity index (χ0) is 28.8. The minimum absolute atomic E-state index is 0.299. The van der Waals surface area contributed by atoms with E-state index in [0.29, 0.717) is 35.8 Å². The molecule has 40 heavy (non-hydrogen) atoms. The van der Waals surface area contributed by atoms with Crippen LogP contribution in [0.3, 0.4) is 0 Å². The quantitative estimate of drug-likeness (QED) is 0.204. The topological polar surface area (TPSA) is 114 Å². The Kier molecular flexibility index (Phi) is 9.86. The molecule has 1 aliphatic rings. The van der Waals surface area contributed by atoms with Gasteiger partial charge >= 0.3 is 0 Å². The predicted octanol–water partition coefficient (Wildman–Crippen LogP) is 4.43. The van der Waals surface area contributed by atoms with E-state index in [-0.39, 0.29) is 11.8 Å². The number of thiophene rings is 1. The Morgan fingerprint density at radius 3 is 2.48 bits per heavy atom. The molecule has 2 atom stereocenters. The number of hydrazone groups is 1. The Bertz CT molecular complexity index is 1390. The molecule has 1 aliphatic carbocycles. The van der Waals surface area contributed by atoms with Crippen LogP contribution in [-0.2, 0) is 19.4 Å². The first-order valence-electron chi connectivity index (χ1n) is 13.6. The molecule has 4 rings (SSSR count). The average molecular weight is 563 g/mol. The van der Waals surface area contributed by atoms with E-state index >= 15 is 0 Å². The van der Waals surface area contributed by atoms with Crippen LogP contribution in [0.4, 0.5) is 5.00 Å². The molecule has 0 saturated carbocycles. The lowest BCUT2D eigenvalue weighted by molar-refractivity contribution is 0.0793. The van der Waals surface area contributed by atoms with Crippen LogP contribution in [0.5, 0.6) is 0 Å². The largest absolute Gasteiger partial charge is 0.392 e. The van der Waals surface area contributed by atoms with E-state index in [1.165, 1.54) is 16.9 Å². The predicted molar refractivity (Wildman–Crippen MR) is 160 cm³/mol. The van der Waals surface area contributed by atoms with E-state index in [1.54, 1.807) is 32.2 Å². The number of hydrogen-bond acceptors (Lipinski definition) is 7. The summed E-state index contributed by atoms with van der Waals surface area (Å²) in [4.78, 5) is 29.6. The van der Waals surface area contributed by atoms with Gasteiger partial charge in [-0.05, 0) is 86.9 Å². The third kappa shape index (κ3) is 7.63. The van der Waals surface area contributed by atoms with Gasteiger partial charge in [0.1, 0.15) is 5.00 Å². The maximum Gasteiger partial charge on any atom is 0.274 e. The number of rotatable bonds is 11. The number of aryl methyl sites for hydroxylation is 3. The summed E-state index contributed by atoms with van der Waals surface area (Å²) >= 11 is 1.45. The van der Waals surface area contributed by atoms with Gasteiger partial charge in [0.25, 0.3) is 11.8 Å². The Morgan fingerprint density at radius 1 is 1.02 bits per heavy atom. The number of hydrogen-bond donors (Lipinski definition) is 4. The molecular weight excluding hydrogens is 524 g/mol. The fraction of sp³-hybridized carbons (Fsp3) is 0.387. The highest BCUT2D eigenvalue weighted by atomic mass is 32.1. The number of benzene rings is 2. The summed E-state index contributed by atoms with van der Waals surface area (Å²) < 4.78 is 0. The maximum atomic E-state index is 13.3. The van der Waals surface area contributed by atoms with Crippen LogP contribution in [0.1, 0.15) is 73.7 Å². The summed E-state index contributed by atoms with van der Waals surface area (Å²) in [5, 5.41) is 27.4. The average Bonchev–Trinajstić information content (AvgIpc) is 3.46. The number of aliphatic hydroxyl groups is 2. The first-order chi connectivity index (χ1) is 19.1. The minimum atomic E-state index is -0.541. The second-order valence-electron chi connectivity index (χ2n) is 10.7. The molecule has 0 aliphatic heterocycles. The van der Waals surface area contributed by atoms with E-state index in [0.717, 1.165) is 46.4 Å². The van der Waals surface area contributed by atoms with Crippen LogP contribution < -0.4 is 10.7 Å². The van der Waals surface area contributed by atoms with Crippen molar-refractivity contribution in [2.45, 2.75) is 65.7 Å². The van der Waals surface area contributed by atoms with Gasteiger partial charge < -0.3 is 15.5 Å². The molecule has 1 aromatic heterocycles. The molecule has 2 amide bonds. The number of nitrogens with zero attached hydrogens (tertiary/aromatic N) is 2. The number of fused-ring (bicyclic) bond motifs is 1. The lowest BCUT2D eigenvalue weighted by atomic mass is 10.1. The van der Waals surface area contributed by atoms with Crippen molar-refractivity contribution in [3.63, 3.8) is 0 Å². The standard InChI is InChI=1S/C31H38N4O4S/c1-19-11-12-23(13-20(19)2)15-32-34-30(39)28-26-9-6-10-27(26)40-31(28)33-29(38)25-8-5-7-24(14-25)18-35(16-21(3)36)17-22(4)37/h5,7-8,11-15,21-22,36-37H,6,9-10,16-18H2,1-4H3,(H,33,38)(H,34,39). The Morgan fingerprint density at radius 2 is 1.77 bits per heavy atom. The first kappa shape index (κ1) is 29.6. The fourth-order valence-corrected chi connectivity index (χ4v) is 6.28. The van der Waals surface area contributed by atoms with Gasteiger partial charge in [-0.25, -0.2) is 5.43 Å². The zero-order valence-electron chi connectivity index (χ0n) is 23.5. The summed E-state index contributed by atoms with van der Waals surface area (Å²) in [6.45, 7) is 8.80. The number of anilines is 1. The third-order valence-corrected chi connectivity index (χ3v) is 8.13. The molecule has 9 heteroatoms. The molecule has 0 bridgehead atoms. The van der Waals surface area contributed by atoms with E-state index in [4.69, 9.17) is 0 Å². The van der Waals surface area contributed by atoms with Crippen LogP contribution in [0.25, 0.3) is 0 Å². The van der Waals surface area contributed by atoms with Gasteiger partial charge in [0, 0.05) is 30.1 Å². The molecule has 1 heterocycles. The van der Waals surface area contributed by atoms with Crippen molar-refractivity contribution in [2.75, 3.05) is 18.4 Å². The number of nitrogens with one attached hydrogen (secondary N) is 2. The molecule has 0 saturated heterocycles. The monoisotopic (exact) mass is 562 g/mol. The highest BCUT2D eigenvalue weighted by Crippen LogP contribution is 2.39. The van der Waals surface area contributed by atoms with Crippen molar-refractivity contribution >= 4 is 34.4 Å². The number of carbonyl (C=O) groups excluding carboxylic acids is 2. The zero-order valence-corrected chi connectivity index (χ0v) is 24.3. The van der Waals surface area contributed by atoms with E-state index in [9.17, 15) is 19.8 Å². The van der Waals surface area contributed by atoms with Crippen molar-refractivity contribution in [3.05, 3.63) is 86.3 Å². The summed E-state index contributed by atoms with van der Waals surface area (Å²) in [7, 11) is 0. The van der Waals surface area contributed by atoms with Gasteiger partial charge in [-0.2, -0.15) is 5.10 Å². The second kappa shape index (κ2) is 13.3. The molecule has 0 radical (unpaired) electrons. The van der Waals surface area contributed by atoms with Gasteiger partial charge in [-0.15, -0.1) is 11.3 Å². The molecule has 2 aromatic carbocycles. The highest BCUT2D eigenvalue weighted by Gasteiger charge is 2.27. The first-order valence-corrected chi connectivity index (χ1v) is 14.5. The normalized spacial score (nSPS) is 14.4. The van der Waals surface area contributed by atoms with E-state index < -0.39 is 12.2 Å². The lowest BCUT2D eigenvalue weighted by Gasteiger charge is -2.25. The van der Waals surface area contributed by atoms with Crippen LogP contribution in [0.15, 0.2) is 47.6 Å². The van der Waals surface area contributed by atoms with Gasteiger partial charge in [-0.3, -0.25) is 14.5 Å². The van der Waals surface area contributed by atoms with Crippen molar-refractivity contribution in [2.24, 2.45) is 5.10 Å². The lowest BCUT2D eigenvalue weighted by Crippen LogP contribution is -2.35. The number of carbonyl (C=O) groups is 2. The van der Waals surface area contributed by atoms with Crippen LogP contribution >= 0.6 is 11.3 Å². The van der Waals surface area contributed by atoms with Crippen LogP contribution in [0, 0.1) is 13.8 Å². The second-order valence-corrected chi connectivity index (χ2v) is 11.8. The Hall–Kier alpha value is -3.37. The van der Waals surface area contributed by atoms with Crippen molar-refractivity contribution < 1.29 is 19.8 Å². The van der Waals surface area contributed by atoms with E-state index in [2.05, 4.69) is 15.8 Å². The van der Waals surface area contributed by atoms with E-state index in [1.807, 2.05) is 49.1 Å². The smallest absolute Gasteiger partial charge is 0.274 e. The molecule has 0 fully saturated rings. The van der Waals surface area contributed by atoms with Crippen molar-refractivity contribution in [1.82, 2.24) is 10.3 Å². The number of amides is 2. The van der Waals surface area contributed by atoms with Gasteiger partial charge in [0.2, 0.25) is 0 Å². The number of aliphatic hydroxyl groups excluding tert-OH is 2. The molecular formula is C31H38N4O4S. The maximum absolute atomic E-state index is 13.3. The minimum Gasteiger partial charge on any atom is -0.392 e. The third-order valence-electron chi connectivity index (χ3n) is 6.93. The van der Waals surface area contributed by atoms with Gasteiger partial charge in [0.05, 0.1) is 24.0 Å². The molecule has 8 nitrogen and oxygen atoms in total. The summed E-state index contributed by atoms with van der Waals surface area (Å²) in [5.74, 6) is -0.637. The summed E-state index contributed by atoms with van der Waals surface area (Å²) in [6, 6.07) is 13.3. The Balaban J connectivity index is 1.49. The van der Waals surface area contributed by atoms with Crippen LogP contribution in [-0.4, -0.2) is 58.4 Å². The molecule has 212 valence electrons.